The van der Waals surface area contributed by atoms with Gasteiger partial charge in [0, 0.05) is 13.2 Å². The van der Waals surface area contributed by atoms with Crippen molar-refractivity contribution in [2.24, 2.45) is 0 Å². The van der Waals surface area contributed by atoms with Crippen molar-refractivity contribution in [1.29, 1.82) is 0 Å². The molecule has 27 heavy (non-hydrogen) atoms. The monoisotopic (exact) mass is 376 g/mol. The molecule has 0 spiro atoms. The van der Waals surface area contributed by atoms with E-state index in [2.05, 4.69) is 5.32 Å². The van der Waals surface area contributed by atoms with Crippen LogP contribution in [0.2, 0.25) is 0 Å². The van der Waals surface area contributed by atoms with Crippen LogP contribution in [0.3, 0.4) is 0 Å². The molecular weight excluding hydrogens is 352 g/mol. The summed E-state index contributed by atoms with van der Waals surface area (Å²) in [6.45, 7) is 5.69. The Morgan fingerprint density at radius 1 is 1.07 bits per heavy atom. The standard InChI is InChI=1S/C19H24N2O6/c1-12(2)26-10-6-9-20-16(22)11-27-19(25)13(3)21-17(23)14-7-4-5-8-15(14)18(21)24/h4-5,7-8,12-13H,6,9-11H2,1-3H3,(H,20,22)/t13-/m1/s1. The Hall–Kier alpha value is -2.74. The summed E-state index contributed by atoms with van der Waals surface area (Å²) in [4.78, 5) is 49.4. The van der Waals surface area contributed by atoms with Crippen molar-refractivity contribution >= 4 is 23.7 Å². The number of rotatable bonds is 9. The molecule has 1 aliphatic heterocycles. The molecule has 0 saturated heterocycles. The first-order chi connectivity index (χ1) is 12.8. The van der Waals surface area contributed by atoms with Crippen molar-refractivity contribution in [2.45, 2.75) is 39.3 Å². The number of hydrogen-bond donors (Lipinski definition) is 1. The number of amides is 3. The highest BCUT2D eigenvalue weighted by Gasteiger charge is 2.41. The molecule has 1 aliphatic rings. The van der Waals surface area contributed by atoms with E-state index < -0.39 is 36.3 Å². The minimum atomic E-state index is -1.12. The molecule has 0 aliphatic carbocycles. The van der Waals surface area contributed by atoms with Gasteiger partial charge >= 0.3 is 5.97 Å². The van der Waals surface area contributed by atoms with Gasteiger partial charge in [0.2, 0.25) is 0 Å². The second kappa shape index (κ2) is 9.27. The highest BCUT2D eigenvalue weighted by atomic mass is 16.5. The summed E-state index contributed by atoms with van der Waals surface area (Å²) in [6.07, 6.45) is 0.772. The number of carbonyl (C=O) groups excluding carboxylic acids is 4. The summed E-state index contributed by atoms with van der Waals surface area (Å²) in [5.74, 6) is -2.37. The molecule has 146 valence electrons. The van der Waals surface area contributed by atoms with Crippen LogP contribution in [0.15, 0.2) is 24.3 Å². The number of hydrogen-bond acceptors (Lipinski definition) is 6. The maximum atomic E-state index is 12.3. The lowest BCUT2D eigenvalue weighted by atomic mass is 10.1. The van der Waals surface area contributed by atoms with Crippen molar-refractivity contribution in [3.8, 4) is 0 Å². The number of nitrogens with one attached hydrogen (secondary N) is 1. The SMILES string of the molecule is CC(C)OCCCNC(=O)COC(=O)[C@@H](C)N1C(=O)c2ccccc2C1=O. The van der Waals surface area contributed by atoms with E-state index in [1.54, 1.807) is 12.1 Å². The van der Waals surface area contributed by atoms with Crippen molar-refractivity contribution in [3.05, 3.63) is 35.4 Å². The van der Waals surface area contributed by atoms with E-state index in [9.17, 15) is 19.2 Å². The van der Waals surface area contributed by atoms with Gasteiger partial charge in [-0.15, -0.1) is 0 Å². The summed E-state index contributed by atoms with van der Waals surface area (Å²) in [6, 6.07) is 5.23. The highest BCUT2D eigenvalue weighted by molar-refractivity contribution is 6.22. The molecule has 1 atom stereocenters. The van der Waals surface area contributed by atoms with Gasteiger partial charge < -0.3 is 14.8 Å². The minimum Gasteiger partial charge on any atom is -0.454 e. The lowest BCUT2D eigenvalue weighted by molar-refractivity contribution is -0.151. The molecule has 8 nitrogen and oxygen atoms in total. The fourth-order valence-electron chi connectivity index (χ4n) is 2.59. The third-order valence-electron chi connectivity index (χ3n) is 3.99. The van der Waals surface area contributed by atoms with Crippen molar-refractivity contribution in [3.63, 3.8) is 0 Å². The Morgan fingerprint density at radius 3 is 2.22 bits per heavy atom. The number of benzene rings is 1. The van der Waals surface area contributed by atoms with Gasteiger partial charge in [0.05, 0.1) is 17.2 Å². The first-order valence-corrected chi connectivity index (χ1v) is 8.84. The van der Waals surface area contributed by atoms with E-state index >= 15 is 0 Å². The van der Waals surface area contributed by atoms with E-state index in [1.165, 1.54) is 19.1 Å². The zero-order valence-electron chi connectivity index (χ0n) is 15.7. The summed E-state index contributed by atoms with van der Waals surface area (Å²) in [5.41, 5.74) is 0.506. The molecule has 0 saturated carbocycles. The molecule has 0 radical (unpaired) electrons. The quantitative estimate of drug-likeness (QED) is 0.394. The smallest absolute Gasteiger partial charge is 0.329 e. The first-order valence-electron chi connectivity index (χ1n) is 8.84. The lowest BCUT2D eigenvalue weighted by Gasteiger charge is -2.20. The average Bonchev–Trinajstić information content (AvgIpc) is 2.89. The molecule has 2 rings (SSSR count). The molecule has 0 fully saturated rings. The summed E-state index contributed by atoms with van der Waals surface area (Å²) >= 11 is 0. The molecule has 1 aromatic rings. The lowest BCUT2D eigenvalue weighted by Crippen LogP contribution is -2.44. The van der Waals surface area contributed by atoms with E-state index in [-0.39, 0.29) is 17.2 Å². The van der Waals surface area contributed by atoms with Crippen LogP contribution in [0.5, 0.6) is 0 Å². The molecule has 0 unspecified atom stereocenters. The van der Waals surface area contributed by atoms with Crippen LogP contribution in [0.4, 0.5) is 0 Å². The molecule has 1 N–H and O–H groups in total. The predicted molar refractivity (Wildman–Crippen MR) is 96.1 cm³/mol. The number of ether oxygens (including phenoxy) is 2. The van der Waals surface area contributed by atoms with Gasteiger partial charge in [0.15, 0.2) is 6.61 Å². The van der Waals surface area contributed by atoms with Crippen LogP contribution in [-0.4, -0.2) is 60.5 Å². The maximum Gasteiger partial charge on any atom is 0.329 e. The average molecular weight is 376 g/mol. The van der Waals surface area contributed by atoms with Gasteiger partial charge in [-0.2, -0.15) is 0 Å². The van der Waals surface area contributed by atoms with Gasteiger partial charge in [0.25, 0.3) is 17.7 Å². The third kappa shape index (κ3) is 5.13. The minimum absolute atomic E-state index is 0.130. The van der Waals surface area contributed by atoms with Crippen LogP contribution < -0.4 is 5.32 Å². The van der Waals surface area contributed by atoms with E-state index in [0.29, 0.717) is 19.6 Å². The van der Waals surface area contributed by atoms with Crippen LogP contribution in [0.25, 0.3) is 0 Å². The van der Waals surface area contributed by atoms with Crippen LogP contribution in [0, 0.1) is 0 Å². The van der Waals surface area contributed by atoms with Gasteiger partial charge in [0.1, 0.15) is 6.04 Å². The van der Waals surface area contributed by atoms with Crippen molar-refractivity contribution < 1.29 is 28.7 Å². The summed E-state index contributed by atoms with van der Waals surface area (Å²) in [5, 5.41) is 2.61. The highest BCUT2D eigenvalue weighted by Crippen LogP contribution is 2.24. The zero-order chi connectivity index (χ0) is 20.0. The fourth-order valence-corrected chi connectivity index (χ4v) is 2.59. The molecule has 1 aromatic carbocycles. The van der Waals surface area contributed by atoms with Gasteiger partial charge in [-0.1, -0.05) is 12.1 Å². The number of nitrogens with zero attached hydrogens (tertiary/aromatic N) is 1. The topological polar surface area (TPSA) is 102 Å². The zero-order valence-corrected chi connectivity index (χ0v) is 15.7. The number of fused-ring (bicyclic) bond motifs is 1. The Labute approximate surface area is 157 Å². The van der Waals surface area contributed by atoms with E-state index in [1.807, 2.05) is 13.8 Å². The largest absolute Gasteiger partial charge is 0.454 e. The second-order valence-corrected chi connectivity index (χ2v) is 6.43. The Balaban J connectivity index is 1.79. The molecule has 3 amide bonds. The Kier molecular flexibility index (Phi) is 7.06. The van der Waals surface area contributed by atoms with E-state index in [0.717, 1.165) is 4.90 Å². The van der Waals surface area contributed by atoms with Crippen molar-refractivity contribution in [2.75, 3.05) is 19.8 Å². The molecule has 0 aromatic heterocycles. The Morgan fingerprint density at radius 2 is 1.67 bits per heavy atom. The van der Waals surface area contributed by atoms with Gasteiger partial charge in [-0.25, -0.2) is 4.79 Å². The third-order valence-corrected chi connectivity index (χ3v) is 3.99. The number of carbonyl (C=O) groups is 4. The molecule has 8 heteroatoms. The van der Waals surface area contributed by atoms with E-state index in [4.69, 9.17) is 9.47 Å². The van der Waals surface area contributed by atoms with Gasteiger partial charge in [-0.3, -0.25) is 19.3 Å². The van der Waals surface area contributed by atoms with Crippen LogP contribution >= 0.6 is 0 Å². The normalized spacial score (nSPS) is 14.3. The molecular formula is C19H24N2O6. The predicted octanol–water partition coefficient (Wildman–Crippen LogP) is 1.15. The fraction of sp³-hybridized carbons (Fsp3) is 0.474. The van der Waals surface area contributed by atoms with Gasteiger partial charge in [-0.05, 0) is 39.3 Å². The number of imide groups is 1. The second-order valence-electron chi connectivity index (χ2n) is 6.43. The number of esters is 1. The van der Waals surface area contributed by atoms with Crippen LogP contribution in [-0.2, 0) is 19.1 Å². The first kappa shape index (κ1) is 20.6. The summed E-state index contributed by atoms with van der Waals surface area (Å²) in [7, 11) is 0. The van der Waals surface area contributed by atoms with Crippen LogP contribution in [0.1, 0.15) is 47.9 Å². The Bertz CT molecular complexity index is 696. The maximum absolute atomic E-state index is 12.3. The van der Waals surface area contributed by atoms with Crippen molar-refractivity contribution in [1.82, 2.24) is 10.2 Å². The molecule has 0 bridgehead atoms. The summed E-state index contributed by atoms with van der Waals surface area (Å²) < 4.78 is 10.3. The molecule has 1 heterocycles.